The van der Waals surface area contributed by atoms with Gasteiger partial charge in [-0.15, -0.1) is 0 Å². The summed E-state index contributed by atoms with van der Waals surface area (Å²) in [5.74, 6) is -0.214. The molecular weight excluding hydrogens is 434 g/mol. The van der Waals surface area contributed by atoms with Gasteiger partial charge < -0.3 is 10.1 Å². The summed E-state index contributed by atoms with van der Waals surface area (Å²) in [4.78, 5) is 27.3. The molecule has 0 spiro atoms. The molecule has 29 heavy (non-hydrogen) atoms. The first kappa shape index (κ1) is 22.1. The van der Waals surface area contributed by atoms with Crippen molar-refractivity contribution in [2.75, 3.05) is 12.4 Å². The Bertz CT molecular complexity index is 914. The highest BCUT2D eigenvalue weighted by Gasteiger charge is 2.07. The van der Waals surface area contributed by atoms with E-state index in [9.17, 15) is 9.59 Å². The van der Waals surface area contributed by atoms with E-state index in [1.807, 2.05) is 30.3 Å². The van der Waals surface area contributed by atoms with Crippen molar-refractivity contribution in [3.63, 3.8) is 0 Å². The van der Waals surface area contributed by atoms with Crippen LogP contribution in [0.3, 0.4) is 0 Å². The van der Waals surface area contributed by atoms with Gasteiger partial charge in [-0.3, -0.25) is 15.1 Å². The zero-order valence-corrected chi connectivity index (χ0v) is 17.8. The molecule has 3 rings (SSSR count). The second-order valence-electron chi connectivity index (χ2n) is 6.00. The van der Waals surface area contributed by atoms with E-state index in [1.54, 1.807) is 30.5 Å². The van der Waals surface area contributed by atoms with Crippen LogP contribution in [0, 0.1) is 6.92 Å². The Labute approximate surface area is 178 Å². The fourth-order valence-electron chi connectivity index (χ4n) is 2.19. The first-order valence-electron chi connectivity index (χ1n) is 8.83. The van der Waals surface area contributed by atoms with Crippen LogP contribution in [0.25, 0.3) is 0 Å². The number of benzene rings is 2. The number of amides is 2. The number of aromatic nitrogens is 1. The molecule has 0 fully saturated rings. The van der Waals surface area contributed by atoms with E-state index in [0.717, 1.165) is 10.2 Å². The number of nitrogens with one attached hydrogen (secondary N) is 2. The molecule has 3 aromatic rings. The molecule has 0 aliphatic carbocycles. The smallest absolute Gasteiger partial charge is 0.411 e. The van der Waals surface area contributed by atoms with Gasteiger partial charge in [-0.1, -0.05) is 35.9 Å². The number of carbonyl (C=O) groups is 2. The third-order valence-electron chi connectivity index (χ3n) is 3.74. The molecule has 2 amide bonds. The summed E-state index contributed by atoms with van der Waals surface area (Å²) in [6.07, 6.45) is 1.12. The van der Waals surface area contributed by atoms with Crippen molar-refractivity contribution in [1.82, 2.24) is 10.3 Å². The normalized spacial score (nSPS) is 9.62. The molecule has 0 atom stereocenters. The minimum Gasteiger partial charge on any atom is -0.453 e. The van der Waals surface area contributed by atoms with E-state index in [0.29, 0.717) is 17.8 Å². The third-order valence-corrected chi connectivity index (χ3v) is 4.21. The maximum atomic E-state index is 12.0. The lowest BCUT2D eigenvalue weighted by Gasteiger charge is -2.07. The molecule has 1 heterocycles. The molecule has 0 aliphatic heterocycles. The highest BCUT2D eigenvalue weighted by molar-refractivity contribution is 9.10. The average molecular weight is 456 g/mol. The van der Waals surface area contributed by atoms with E-state index >= 15 is 0 Å². The van der Waals surface area contributed by atoms with E-state index in [2.05, 4.69) is 55.3 Å². The number of carbonyl (C=O) groups excluding carboxylic acids is 2. The highest BCUT2D eigenvalue weighted by atomic mass is 79.9. The van der Waals surface area contributed by atoms with Crippen LogP contribution in [0.5, 0.6) is 0 Å². The van der Waals surface area contributed by atoms with Gasteiger partial charge in [0.25, 0.3) is 5.91 Å². The van der Waals surface area contributed by atoms with Crippen molar-refractivity contribution in [3.8, 4) is 0 Å². The summed E-state index contributed by atoms with van der Waals surface area (Å²) < 4.78 is 5.37. The Morgan fingerprint density at radius 2 is 1.69 bits per heavy atom. The van der Waals surface area contributed by atoms with E-state index in [1.165, 1.54) is 12.7 Å². The first-order valence-corrected chi connectivity index (χ1v) is 9.62. The molecule has 150 valence electrons. The van der Waals surface area contributed by atoms with Gasteiger partial charge in [0.05, 0.1) is 19.3 Å². The molecule has 2 aromatic carbocycles. The van der Waals surface area contributed by atoms with Gasteiger partial charge >= 0.3 is 6.09 Å². The van der Waals surface area contributed by atoms with Crippen LogP contribution in [0.4, 0.5) is 10.5 Å². The molecule has 1 aromatic heterocycles. The third kappa shape index (κ3) is 8.15. The predicted molar refractivity (Wildman–Crippen MR) is 117 cm³/mol. The van der Waals surface area contributed by atoms with Gasteiger partial charge in [0.2, 0.25) is 0 Å². The number of pyridine rings is 1. The van der Waals surface area contributed by atoms with Crippen LogP contribution < -0.4 is 10.6 Å². The monoisotopic (exact) mass is 455 g/mol. The summed E-state index contributed by atoms with van der Waals surface area (Å²) in [6.45, 7) is 2.42. The van der Waals surface area contributed by atoms with Crippen molar-refractivity contribution in [2.24, 2.45) is 0 Å². The summed E-state index contributed by atoms with van der Waals surface area (Å²) in [6, 6.07) is 20.5. The molecule has 2 N–H and O–H groups in total. The van der Waals surface area contributed by atoms with Crippen LogP contribution in [-0.4, -0.2) is 24.1 Å². The van der Waals surface area contributed by atoms with Gasteiger partial charge in [0, 0.05) is 21.9 Å². The number of hydrogen-bond donors (Lipinski definition) is 2. The number of halogens is 1. The summed E-state index contributed by atoms with van der Waals surface area (Å²) >= 11 is 3.30. The molecule has 6 nitrogen and oxygen atoms in total. The molecule has 7 heteroatoms. The lowest BCUT2D eigenvalue weighted by Crippen LogP contribution is -2.23. The zero-order valence-electron chi connectivity index (χ0n) is 16.2. The molecule has 0 unspecified atom stereocenters. The SMILES string of the molecule is COC(=O)Nc1ccc(C(=O)NCc2ccc(Br)cn2)cc1.Cc1ccccc1. The Morgan fingerprint density at radius 1 is 1.00 bits per heavy atom. The van der Waals surface area contributed by atoms with E-state index < -0.39 is 6.09 Å². The van der Waals surface area contributed by atoms with Crippen molar-refractivity contribution < 1.29 is 14.3 Å². The molecule has 0 radical (unpaired) electrons. The van der Waals surface area contributed by atoms with E-state index in [-0.39, 0.29) is 5.91 Å². The van der Waals surface area contributed by atoms with Crippen LogP contribution in [-0.2, 0) is 11.3 Å². The maximum absolute atomic E-state index is 12.0. The zero-order chi connectivity index (χ0) is 21.1. The molecule has 0 aliphatic rings. The second-order valence-corrected chi connectivity index (χ2v) is 6.91. The van der Waals surface area contributed by atoms with Gasteiger partial charge in [-0.2, -0.15) is 0 Å². The number of hydrogen-bond acceptors (Lipinski definition) is 4. The summed E-state index contributed by atoms with van der Waals surface area (Å²) in [7, 11) is 1.29. The Hall–Kier alpha value is -3.19. The number of aryl methyl sites for hydroxylation is 1. The van der Waals surface area contributed by atoms with Crippen LogP contribution in [0.2, 0.25) is 0 Å². The molecule has 0 bridgehead atoms. The average Bonchev–Trinajstić information content (AvgIpc) is 2.74. The molecule has 0 saturated carbocycles. The van der Waals surface area contributed by atoms with Crippen LogP contribution in [0.1, 0.15) is 21.6 Å². The number of rotatable bonds is 4. The minimum absolute atomic E-state index is 0.214. The van der Waals surface area contributed by atoms with Gasteiger partial charge in [-0.05, 0) is 59.3 Å². The van der Waals surface area contributed by atoms with Crippen molar-refractivity contribution in [1.29, 1.82) is 0 Å². The van der Waals surface area contributed by atoms with Gasteiger partial charge in [-0.25, -0.2) is 4.79 Å². The summed E-state index contributed by atoms with van der Waals surface area (Å²) in [5.41, 5.74) is 3.13. The number of ether oxygens (including phenoxy) is 1. The number of methoxy groups -OCH3 is 1. The minimum atomic E-state index is -0.557. The van der Waals surface area contributed by atoms with E-state index in [4.69, 9.17) is 0 Å². The standard InChI is InChI=1S/C15H14BrN3O3.C7H8/c1-22-15(21)19-12-5-2-10(3-6-12)14(20)18-9-13-7-4-11(16)8-17-13;1-7-5-3-2-4-6-7/h2-8H,9H2,1H3,(H,18,20)(H,19,21);2-6H,1H3. The van der Waals surface area contributed by atoms with Crippen molar-refractivity contribution in [3.05, 3.63) is 94.2 Å². The Balaban J connectivity index is 0.000000360. The largest absolute Gasteiger partial charge is 0.453 e. The van der Waals surface area contributed by atoms with Gasteiger partial charge in [0.1, 0.15) is 0 Å². The van der Waals surface area contributed by atoms with Crippen LogP contribution >= 0.6 is 15.9 Å². The maximum Gasteiger partial charge on any atom is 0.411 e. The lowest BCUT2D eigenvalue weighted by atomic mass is 10.2. The number of anilines is 1. The number of nitrogens with zero attached hydrogens (tertiary/aromatic N) is 1. The molecular formula is C22H22BrN3O3. The summed E-state index contributed by atoms with van der Waals surface area (Å²) in [5, 5.41) is 5.29. The van der Waals surface area contributed by atoms with Crippen LogP contribution in [0.15, 0.2) is 77.4 Å². The quantitative estimate of drug-likeness (QED) is 0.583. The fraction of sp³-hybridized carbons (Fsp3) is 0.136. The Morgan fingerprint density at radius 3 is 2.21 bits per heavy atom. The first-order chi connectivity index (χ1) is 14.0. The second kappa shape index (κ2) is 11.6. The highest BCUT2D eigenvalue weighted by Crippen LogP contribution is 2.10. The van der Waals surface area contributed by atoms with Crippen molar-refractivity contribution >= 4 is 33.6 Å². The van der Waals surface area contributed by atoms with Crippen molar-refractivity contribution in [2.45, 2.75) is 13.5 Å². The topological polar surface area (TPSA) is 80.3 Å². The fourth-order valence-corrected chi connectivity index (χ4v) is 2.43. The molecule has 0 saturated heterocycles. The predicted octanol–water partition coefficient (Wildman–Crippen LogP) is 4.95. The lowest BCUT2D eigenvalue weighted by molar-refractivity contribution is 0.0950. The van der Waals surface area contributed by atoms with Gasteiger partial charge in [0.15, 0.2) is 0 Å². The Kier molecular flexibility index (Phi) is 8.85.